The molecular formula is C26H34N6O. The third-order valence-corrected chi connectivity index (χ3v) is 8.18. The summed E-state index contributed by atoms with van der Waals surface area (Å²) < 4.78 is 7.36. The van der Waals surface area contributed by atoms with Crippen molar-refractivity contribution in [1.29, 1.82) is 0 Å². The lowest BCUT2D eigenvalue weighted by atomic mass is 9.89. The number of nitrogens with zero attached hydrogens (tertiary/aromatic N) is 5. The van der Waals surface area contributed by atoms with Crippen molar-refractivity contribution in [3.63, 3.8) is 0 Å². The first kappa shape index (κ1) is 21.1. The second-order valence-corrected chi connectivity index (χ2v) is 10.4. The van der Waals surface area contributed by atoms with Crippen LogP contribution < -0.4 is 5.32 Å². The summed E-state index contributed by atoms with van der Waals surface area (Å²) in [5.74, 6) is 2.50. The fourth-order valence-electron chi connectivity index (χ4n) is 5.92. The van der Waals surface area contributed by atoms with Crippen LogP contribution in [0, 0.1) is 17.3 Å². The standard InChI is InChI=1S/C26H34N6O/c1-31-18-21-14-20(2-3-24(21)30-31)23-4-5-25(29-28-23)27-16-22-15-26(22)8-10-32(11-9-26)17-19-6-12-33-13-7-19/h2-5,14,18-19,22H,6-13,15-17H2,1H3,(H,27,29)/t22-/m0/s1. The number of aryl methyl sites for hydroxylation is 1. The molecule has 0 bridgehead atoms. The van der Waals surface area contributed by atoms with Crippen LogP contribution in [0.4, 0.5) is 5.82 Å². The maximum atomic E-state index is 5.52. The number of anilines is 1. The predicted molar refractivity (Wildman–Crippen MR) is 130 cm³/mol. The van der Waals surface area contributed by atoms with E-state index in [0.29, 0.717) is 5.41 Å². The van der Waals surface area contributed by atoms with E-state index in [4.69, 9.17) is 4.74 Å². The monoisotopic (exact) mass is 446 g/mol. The van der Waals surface area contributed by atoms with Gasteiger partial charge in [-0.3, -0.25) is 4.68 Å². The molecule has 1 aromatic carbocycles. The topological polar surface area (TPSA) is 68.1 Å². The average Bonchev–Trinajstić information content (AvgIpc) is 3.38. The van der Waals surface area contributed by atoms with Crippen LogP contribution in [0.2, 0.25) is 0 Å². The summed E-state index contributed by atoms with van der Waals surface area (Å²) >= 11 is 0. The Bertz CT molecular complexity index is 1100. The molecule has 2 aromatic heterocycles. The third kappa shape index (κ3) is 4.49. The number of benzene rings is 1. The first-order valence-electron chi connectivity index (χ1n) is 12.5. The number of aromatic nitrogens is 4. The van der Waals surface area contributed by atoms with E-state index in [1.807, 2.05) is 24.0 Å². The van der Waals surface area contributed by atoms with Crippen molar-refractivity contribution in [2.45, 2.75) is 32.1 Å². The molecule has 6 rings (SSSR count). The van der Waals surface area contributed by atoms with E-state index in [0.717, 1.165) is 59.6 Å². The van der Waals surface area contributed by atoms with Crippen LogP contribution in [0.15, 0.2) is 36.5 Å². The summed E-state index contributed by atoms with van der Waals surface area (Å²) in [5.41, 5.74) is 3.54. The SMILES string of the molecule is Cn1cc2cc(-c3ccc(NC[C@@H]4CC45CCN(CC4CCOCC4)CC5)nn3)ccc2n1. The smallest absolute Gasteiger partial charge is 0.148 e. The highest BCUT2D eigenvalue weighted by atomic mass is 16.5. The molecule has 174 valence electrons. The van der Waals surface area contributed by atoms with Gasteiger partial charge in [0, 0.05) is 50.5 Å². The quantitative estimate of drug-likeness (QED) is 0.618. The molecule has 0 radical (unpaired) electrons. The molecule has 33 heavy (non-hydrogen) atoms. The average molecular weight is 447 g/mol. The van der Waals surface area contributed by atoms with Crippen molar-refractivity contribution < 1.29 is 4.74 Å². The van der Waals surface area contributed by atoms with Gasteiger partial charge in [0.15, 0.2) is 0 Å². The molecule has 1 atom stereocenters. The molecule has 4 heterocycles. The van der Waals surface area contributed by atoms with Gasteiger partial charge in [0.2, 0.25) is 0 Å². The van der Waals surface area contributed by atoms with Gasteiger partial charge in [-0.05, 0) is 86.7 Å². The van der Waals surface area contributed by atoms with Gasteiger partial charge in [-0.15, -0.1) is 10.2 Å². The number of rotatable bonds is 6. The van der Waals surface area contributed by atoms with Gasteiger partial charge in [0.25, 0.3) is 0 Å². The zero-order valence-electron chi connectivity index (χ0n) is 19.5. The molecular weight excluding hydrogens is 412 g/mol. The van der Waals surface area contributed by atoms with Gasteiger partial charge in [0.1, 0.15) is 5.82 Å². The van der Waals surface area contributed by atoms with E-state index in [2.05, 4.69) is 49.8 Å². The lowest BCUT2D eigenvalue weighted by Gasteiger charge is -2.36. The Morgan fingerprint density at radius 3 is 2.73 bits per heavy atom. The van der Waals surface area contributed by atoms with Crippen LogP contribution in [0.1, 0.15) is 32.1 Å². The summed E-state index contributed by atoms with van der Waals surface area (Å²) in [5, 5.41) is 18.0. The lowest BCUT2D eigenvalue weighted by Crippen LogP contribution is -2.39. The van der Waals surface area contributed by atoms with Crippen molar-refractivity contribution in [3.05, 3.63) is 36.5 Å². The minimum atomic E-state index is 0.575. The van der Waals surface area contributed by atoms with Crippen molar-refractivity contribution in [1.82, 2.24) is 24.9 Å². The number of ether oxygens (including phenoxy) is 1. The molecule has 1 saturated carbocycles. The van der Waals surface area contributed by atoms with Crippen molar-refractivity contribution in [2.24, 2.45) is 24.3 Å². The normalized spacial score (nSPS) is 23.2. The summed E-state index contributed by atoms with van der Waals surface area (Å²) in [6.45, 7) is 6.74. The maximum absolute atomic E-state index is 5.52. The van der Waals surface area contributed by atoms with Crippen molar-refractivity contribution in [2.75, 3.05) is 44.7 Å². The molecule has 2 aliphatic heterocycles. The lowest BCUT2D eigenvalue weighted by molar-refractivity contribution is 0.0449. The first-order valence-corrected chi connectivity index (χ1v) is 12.5. The molecule has 3 fully saturated rings. The van der Waals surface area contributed by atoms with Gasteiger partial charge in [-0.2, -0.15) is 5.10 Å². The Hall–Kier alpha value is -2.51. The highest BCUT2D eigenvalue weighted by Crippen LogP contribution is 2.59. The molecule has 1 aliphatic carbocycles. The van der Waals surface area contributed by atoms with E-state index >= 15 is 0 Å². The first-order chi connectivity index (χ1) is 16.2. The number of piperidine rings is 1. The molecule has 7 nitrogen and oxygen atoms in total. The fourth-order valence-corrected chi connectivity index (χ4v) is 5.92. The second-order valence-electron chi connectivity index (χ2n) is 10.4. The van der Waals surface area contributed by atoms with Crippen LogP contribution in [-0.4, -0.2) is 64.3 Å². The highest BCUT2D eigenvalue weighted by molar-refractivity contribution is 5.83. The van der Waals surface area contributed by atoms with Crippen LogP contribution in [-0.2, 0) is 11.8 Å². The van der Waals surface area contributed by atoms with E-state index in [9.17, 15) is 0 Å². The molecule has 1 N–H and O–H groups in total. The molecule has 2 saturated heterocycles. The largest absolute Gasteiger partial charge is 0.381 e. The van der Waals surface area contributed by atoms with E-state index in [1.165, 1.54) is 51.7 Å². The zero-order chi connectivity index (χ0) is 22.3. The van der Waals surface area contributed by atoms with Crippen molar-refractivity contribution in [3.8, 4) is 11.3 Å². The minimum Gasteiger partial charge on any atom is -0.381 e. The second kappa shape index (κ2) is 8.69. The Morgan fingerprint density at radius 1 is 1.09 bits per heavy atom. The zero-order valence-corrected chi connectivity index (χ0v) is 19.5. The number of fused-ring (bicyclic) bond motifs is 1. The maximum Gasteiger partial charge on any atom is 0.148 e. The molecule has 3 aromatic rings. The number of hydrogen-bond donors (Lipinski definition) is 1. The Morgan fingerprint density at radius 2 is 1.94 bits per heavy atom. The predicted octanol–water partition coefficient (Wildman–Crippen LogP) is 3.97. The van der Waals surface area contributed by atoms with Crippen LogP contribution in [0.5, 0.6) is 0 Å². The fraction of sp³-hybridized carbons (Fsp3) is 0.577. The Balaban J connectivity index is 0.992. The molecule has 3 aliphatic rings. The number of hydrogen-bond acceptors (Lipinski definition) is 6. The minimum absolute atomic E-state index is 0.575. The van der Waals surface area contributed by atoms with Gasteiger partial charge in [-0.1, -0.05) is 6.07 Å². The van der Waals surface area contributed by atoms with Crippen LogP contribution >= 0.6 is 0 Å². The highest BCUT2D eigenvalue weighted by Gasteiger charge is 2.54. The van der Waals surface area contributed by atoms with Gasteiger partial charge >= 0.3 is 0 Å². The van der Waals surface area contributed by atoms with Gasteiger partial charge < -0.3 is 15.0 Å². The van der Waals surface area contributed by atoms with Gasteiger partial charge in [-0.25, -0.2) is 0 Å². The molecule has 0 unspecified atom stereocenters. The van der Waals surface area contributed by atoms with Crippen LogP contribution in [0.3, 0.4) is 0 Å². The number of nitrogens with one attached hydrogen (secondary N) is 1. The van der Waals surface area contributed by atoms with Crippen molar-refractivity contribution >= 4 is 16.7 Å². The molecule has 0 amide bonds. The third-order valence-electron chi connectivity index (χ3n) is 8.18. The van der Waals surface area contributed by atoms with E-state index in [-0.39, 0.29) is 0 Å². The molecule has 7 heteroatoms. The number of likely N-dealkylation sites (tertiary alicyclic amines) is 1. The van der Waals surface area contributed by atoms with E-state index in [1.54, 1.807) is 0 Å². The summed E-state index contributed by atoms with van der Waals surface area (Å²) in [7, 11) is 1.95. The summed E-state index contributed by atoms with van der Waals surface area (Å²) in [6, 6.07) is 10.3. The Labute approximate surface area is 195 Å². The van der Waals surface area contributed by atoms with E-state index < -0.39 is 0 Å². The Kier molecular flexibility index (Phi) is 5.54. The molecule has 1 spiro atoms. The van der Waals surface area contributed by atoms with Crippen LogP contribution in [0.25, 0.3) is 22.2 Å². The van der Waals surface area contributed by atoms with Gasteiger partial charge in [0.05, 0.1) is 11.2 Å². The summed E-state index contributed by atoms with van der Waals surface area (Å²) in [6.07, 6.45) is 8.58. The summed E-state index contributed by atoms with van der Waals surface area (Å²) in [4.78, 5) is 2.71.